The van der Waals surface area contributed by atoms with E-state index in [9.17, 15) is 4.79 Å². The number of hydrogen-bond donors (Lipinski definition) is 1. The lowest BCUT2D eigenvalue weighted by Gasteiger charge is -2.17. The first kappa shape index (κ1) is 14.6. The second-order valence-corrected chi connectivity index (χ2v) is 5.63. The maximum absolute atomic E-state index is 12.0. The molecule has 3 rings (SSSR count). The van der Waals surface area contributed by atoms with E-state index in [2.05, 4.69) is 15.2 Å². The van der Waals surface area contributed by atoms with Gasteiger partial charge < -0.3 is 10.2 Å². The maximum Gasteiger partial charge on any atom is 0.225 e. The van der Waals surface area contributed by atoms with Gasteiger partial charge in [0.15, 0.2) is 0 Å². The van der Waals surface area contributed by atoms with Crippen molar-refractivity contribution in [3.05, 3.63) is 54.2 Å². The van der Waals surface area contributed by atoms with Crippen LogP contribution in [-0.4, -0.2) is 24.0 Å². The van der Waals surface area contributed by atoms with E-state index in [0.717, 1.165) is 25.2 Å². The lowest BCUT2D eigenvalue weighted by molar-refractivity contribution is -0.116. The second-order valence-electron chi connectivity index (χ2n) is 5.63. The molecule has 114 valence electrons. The number of carbonyl (C=O) groups excluding carboxylic acids is 1. The van der Waals surface area contributed by atoms with Crippen LogP contribution in [-0.2, 0) is 11.2 Å². The van der Waals surface area contributed by atoms with Crippen LogP contribution in [0.25, 0.3) is 0 Å². The first-order valence-electron chi connectivity index (χ1n) is 7.86. The average molecular weight is 295 g/mol. The van der Waals surface area contributed by atoms with Crippen LogP contribution < -0.4 is 10.2 Å². The van der Waals surface area contributed by atoms with E-state index in [1.807, 2.05) is 48.7 Å². The lowest BCUT2D eigenvalue weighted by atomic mass is 10.1. The highest BCUT2D eigenvalue weighted by molar-refractivity contribution is 5.89. The molecule has 0 spiro atoms. The predicted octanol–water partition coefficient (Wildman–Crippen LogP) is 3.25. The minimum atomic E-state index is 0.00488. The van der Waals surface area contributed by atoms with Crippen LogP contribution in [0.1, 0.15) is 24.8 Å². The summed E-state index contributed by atoms with van der Waals surface area (Å²) in [6, 6.07) is 14.0. The zero-order valence-corrected chi connectivity index (χ0v) is 12.7. The fraction of sp³-hybridized carbons (Fsp3) is 0.333. The van der Waals surface area contributed by atoms with E-state index in [4.69, 9.17) is 0 Å². The Balaban J connectivity index is 1.50. The summed E-state index contributed by atoms with van der Waals surface area (Å²) in [6.45, 7) is 2.20. The van der Waals surface area contributed by atoms with E-state index < -0.39 is 0 Å². The van der Waals surface area contributed by atoms with Crippen LogP contribution >= 0.6 is 0 Å². The fourth-order valence-electron chi connectivity index (χ4n) is 2.73. The van der Waals surface area contributed by atoms with E-state index in [1.165, 1.54) is 18.4 Å². The summed E-state index contributed by atoms with van der Waals surface area (Å²) < 4.78 is 0. The third-order valence-corrected chi connectivity index (χ3v) is 3.97. The molecule has 0 bridgehead atoms. The summed E-state index contributed by atoms with van der Waals surface area (Å²) in [5.74, 6) is 0.631. The van der Waals surface area contributed by atoms with Gasteiger partial charge in [-0.3, -0.25) is 4.79 Å². The van der Waals surface area contributed by atoms with Gasteiger partial charge in [-0.05, 0) is 37.0 Å². The Hall–Kier alpha value is -2.36. The van der Waals surface area contributed by atoms with E-state index in [0.29, 0.717) is 12.2 Å². The molecule has 4 heteroatoms. The molecule has 22 heavy (non-hydrogen) atoms. The number of nitrogens with zero attached hydrogens (tertiary/aromatic N) is 2. The molecule has 1 aromatic carbocycles. The second kappa shape index (κ2) is 7.07. The molecule has 1 amide bonds. The molecule has 1 saturated heterocycles. The third kappa shape index (κ3) is 3.85. The number of rotatable bonds is 5. The summed E-state index contributed by atoms with van der Waals surface area (Å²) in [6.07, 6.45) is 5.56. The summed E-state index contributed by atoms with van der Waals surface area (Å²) in [4.78, 5) is 18.6. The van der Waals surface area contributed by atoms with Crippen molar-refractivity contribution < 1.29 is 4.79 Å². The number of anilines is 2. The van der Waals surface area contributed by atoms with Crippen LogP contribution in [0.5, 0.6) is 0 Å². The van der Waals surface area contributed by atoms with Crippen LogP contribution in [0.15, 0.2) is 48.7 Å². The Kier molecular flexibility index (Phi) is 4.68. The van der Waals surface area contributed by atoms with Crippen molar-refractivity contribution >= 4 is 17.4 Å². The molecular formula is C18H21N3O. The Morgan fingerprint density at radius 3 is 2.55 bits per heavy atom. The van der Waals surface area contributed by atoms with Crippen LogP contribution in [0, 0.1) is 0 Å². The van der Waals surface area contributed by atoms with Crippen molar-refractivity contribution in [1.29, 1.82) is 0 Å². The Labute approximate surface area is 131 Å². The number of nitrogens with one attached hydrogen (secondary N) is 1. The van der Waals surface area contributed by atoms with Crippen molar-refractivity contribution in [2.75, 3.05) is 23.3 Å². The molecule has 0 aliphatic carbocycles. The molecule has 1 aliphatic heterocycles. The van der Waals surface area contributed by atoms with E-state index in [1.54, 1.807) is 0 Å². The molecule has 0 unspecified atom stereocenters. The standard InChI is InChI=1S/C18H21N3O/c22-18(11-8-15-6-2-1-3-7-15)20-17-10-9-16(14-19-17)21-12-4-5-13-21/h1-3,6-7,9-10,14H,4-5,8,11-13H2,(H,19,20,22). The van der Waals surface area contributed by atoms with Crippen molar-refractivity contribution in [3.63, 3.8) is 0 Å². The molecule has 1 N–H and O–H groups in total. The SMILES string of the molecule is O=C(CCc1ccccc1)Nc1ccc(N2CCCC2)cn1. The zero-order chi connectivity index (χ0) is 15.2. The number of aromatic nitrogens is 1. The normalized spacial score (nSPS) is 14.1. The van der Waals surface area contributed by atoms with E-state index >= 15 is 0 Å². The highest BCUT2D eigenvalue weighted by Crippen LogP contribution is 2.20. The average Bonchev–Trinajstić information content (AvgIpc) is 3.09. The highest BCUT2D eigenvalue weighted by Gasteiger charge is 2.12. The summed E-state index contributed by atoms with van der Waals surface area (Å²) in [7, 11) is 0. The minimum absolute atomic E-state index is 0.00488. The Morgan fingerprint density at radius 1 is 1.09 bits per heavy atom. The molecule has 1 aromatic heterocycles. The van der Waals surface area contributed by atoms with Crippen molar-refractivity contribution in [3.8, 4) is 0 Å². The van der Waals surface area contributed by atoms with Crippen LogP contribution in [0.3, 0.4) is 0 Å². The zero-order valence-electron chi connectivity index (χ0n) is 12.7. The monoisotopic (exact) mass is 295 g/mol. The molecular weight excluding hydrogens is 274 g/mol. The number of aryl methyl sites for hydroxylation is 1. The third-order valence-electron chi connectivity index (χ3n) is 3.97. The molecule has 1 aliphatic rings. The fourth-order valence-corrected chi connectivity index (χ4v) is 2.73. The molecule has 4 nitrogen and oxygen atoms in total. The first-order valence-corrected chi connectivity index (χ1v) is 7.86. The summed E-state index contributed by atoms with van der Waals surface area (Å²) in [5.41, 5.74) is 2.31. The van der Waals surface area contributed by atoms with Gasteiger partial charge in [-0.15, -0.1) is 0 Å². The van der Waals surface area contributed by atoms with Gasteiger partial charge in [-0.1, -0.05) is 30.3 Å². The highest BCUT2D eigenvalue weighted by atomic mass is 16.1. The predicted molar refractivity (Wildman–Crippen MR) is 89.1 cm³/mol. The van der Waals surface area contributed by atoms with Gasteiger partial charge in [0, 0.05) is 19.5 Å². The number of amides is 1. The number of hydrogen-bond acceptors (Lipinski definition) is 3. The molecule has 0 saturated carbocycles. The van der Waals surface area contributed by atoms with Crippen molar-refractivity contribution in [1.82, 2.24) is 4.98 Å². The molecule has 2 aromatic rings. The van der Waals surface area contributed by atoms with Gasteiger partial charge in [0.1, 0.15) is 5.82 Å². The van der Waals surface area contributed by atoms with Gasteiger partial charge in [0.05, 0.1) is 11.9 Å². The molecule has 0 atom stereocenters. The largest absolute Gasteiger partial charge is 0.370 e. The summed E-state index contributed by atoms with van der Waals surface area (Å²) in [5, 5.41) is 2.86. The number of benzene rings is 1. The molecule has 1 fully saturated rings. The van der Waals surface area contributed by atoms with Gasteiger partial charge in [0.2, 0.25) is 5.91 Å². The van der Waals surface area contributed by atoms with E-state index in [-0.39, 0.29) is 5.91 Å². The number of pyridine rings is 1. The maximum atomic E-state index is 12.0. The molecule has 2 heterocycles. The minimum Gasteiger partial charge on any atom is -0.370 e. The quantitative estimate of drug-likeness (QED) is 0.921. The van der Waals surface area contributed by atoms with Crippen LogP contribution in [0.2, 0.25) is 0 Å². The van der Waals surface area contributed by atoms with Gasteiger partial charge in [-0.2, -0.15) is 0 Å². The van der Waals surface area contributed by atoms with Crippen LogP contribution in [0.4, 0.5) is 11.5 Å². The lowest BCUT2D eigenvalue weighted by Crippen LogP contribution is -2.18. The van der Waals surface area contributed by atoms with Crippen molar-refractivity contribution in [2.24, 2.45) is 0 Å². The van der Waals surface area contributed by atoms with Crippen molar-refractivity contribution in [2.45, 2.75) is 25.7 Å². The van der Waals surface area contributed by atoms with Gasteiger partial charge in [0.25, 0.3) is 0 Å². The smallest absolute Gasteiger partial charge is 0.225 e. The first-order chi connectivity index (χ1) is 10.8. The number of carbonyl (C=O) groups is 1. The van der Waals surface area contributed by atoms with Gasteiger partial charge >= 0.3 is 0 Å². The Bertz CT molecular complexity index is 604. The van der Waals surface area contributed by atoms with Gasteiger partial charge in [-0.25, -0.2) is 4.98 Å². The molecule has 0 radical (unpaired) electrons. The Morgan fingerprint density at radius 2 is 1.86 bits per heavy atom. The topological polar surface area (TPSA) is 45.2 Å². The summed E-state index contributed by atoms with van der Waals surface area (Å²) >= 11 is 0.